The van der Waals surface area contributed by atoms with Gasteiger partial charge in [-0.15, -0.1) is 0 Å². The largest absolute Gasteiger partial charge is 0.458 e. The van der Waals surface area contributed by atoms with Crippen molar-refractivity contribution in [3.63, 3.8) is 0 Å². The lowest BCUT2D eigenvalue weighted by Gasteiger charge is -2.33. The summed E-state index contributed by atoms with van der Waals surface area (Å²) in [5.74, 6) is -15.5. The van der Waals surface area contributed by atoms with E-state index in [1.165, 1.54) is 31.7 Å². The predicted molar refractivity (Wildman–Crippen MR) is 386 cm³/mol. The molecule has 2 heterocycles. The fourth-order valence-corrected chi connectivity index (χ4v) is 11.8. The molecule has 0 radical (unpaired) electrons. The van der Waals surface area contributed by atoms with Crippen LogP contribution < -0.4 is 69.5 Å². The highest BCUT2D eigenvalue weighted by Gasteiger charge is 2.44. The summed E-state index contributed by atoms with van der Waals surface area (Å²) in [6.45, 7) is 31.3. The van der Waals surface area contributed by atoms with Crippen LogP contribution in [0.4, 0.5) is 0 Å². The van der Waals surface area contributed by atoms with Crippen LogP contribution in [0.3, 0.4) is 0 Å². The van der Waals surface area contributed by atoms with Crippen molar-refractivity contribution in [2.75, 3.05) is 13.1 Å². The minimum absolute atomic E-state index is 0.000937. The molecule has 0 bridgehead atoms. The zero-order valence-electron chi connectivity index (χ0n) is 63.8. The first-order valence-corrected chi connectivity index (χ1v) is 36.5. The summed E-state index contributed by atoms with van der Waals surface area (Å²) in [5.41, 5.74) is 6.33. The number of ether oxygens (including phenoxy) is 1. The number of nitrogens with one attached hydrogen (secondary N) is 12. The highest BCUT2D eigenvalue weighted by molar-refractivity contribution is 6.03. The summed E-state index contributed by atoms with van der Waals surface area (Å²) < 4.78 is 5.96. The molecular weight excluding hydrogens is 1330 g/mol. The molecule has 0 unspecified atom stereocenters. The zero-order chi connectivity index (χ0) is 78.0. The minimum Gasteiger partial charge on any atom is -0.458 e. The lowest BCUT2D eigenvalue weighted by molar-refractivity contribution is -0.157. The molecule has 2 aliphatic rings. The molecule has 13 amide bonds. The number of aliphatic hydroxyl groups is 1. The van der Waals surface area contributed by atoms with E-state index in [1.807, 2.05) is 13.8 Å². The number of hydrogen-bond donors (Lipinski definition) is 14. The van der Waals surface area contributed by atoms with Crippen LogP contribution in [0.5, 0.6) is 0 Å². The number of allylic oxidation sites excluding steroid dienone is 1. The van der Waals surface area contributed by atoms with Crippen LogP contribution in [0.1, 0.15) is 182 Å². The molecule has 2 fully saturated rings. The molecule has 30 nitrogen and oxygen atoms in total. The number of carbonyl (C=O) groups is 14. The summed E-state index contributed by atoms with van der Waals surface area (Å²) in [6.07, 6.45) is -0.438. The number of likely N-dealkylation sites (tertiary alicyclic amines) is 1. The Morgan fingerprint density at radius 1 is 0.621 bits per heavy atom. The lowest BCUT2D eigenvalue weighted by atomic mass is 9.95. The molecule has 30 heteroatoms. The van der Waals surface area contributed by atoms with Crippen molar-refractivity contribution in [2.24, 2.45) is 53.1 Å². The molecule has 103 heavy (non-hydrogen) atoms. The van der Waals surface area contributed by atoms with E-state index in [4.69, 9.17) is 10.5 Å². The van der Waals surface area contributed by atoms with E-state index < -0.39 is 203 Å². The standard InChI is InChI=1S/C73H120N14O16/c1-20-42(16)57(69(98)86-60-45(19)103-73(102)56(41(14)15)82-61(90)47(22-3)75-63(92)49(35-46-28-24-23-25-29-46)77-65(94)53(38(8)9)79-68(97)58(43(17)21-2)84-71(60)100)83-62(91)48(30-26-32-74)76-64(93)50-31-27-33-87(50)72(101)55(40(12)13)81-67(96)54(39(10)11)80-70(99)59(44(18)88)85-66(95)52(37(6)7)78-51(89)34-36(4)5/h22-25,28-29,36-45,48-50,52-60,88H,20-21,26-27,30-35,74H2,1-19H3,(H,75,92)(H,76,93)(H,77,94)(H,78,89)(H,79,97)(H,80,99)(H,81,96)(H,82,90)(H,83,91)(H,84,100)(H,85,95)(H,86,98)/b47-22-/t42-,43-,44+,45+,48-,49-,50+,52+,53+,54-,55+,56-,57+,58+,59-,60+/m0/s1. The van der Waals surface area contributed by atoms with Crippen molar-refractivity contribution in [2.45, 2.75) is 268 Å². The molecule has 2 saturated heterocycles. The molecule has 2 aliphatic heterocycles. The van der Waals surface area contributed by atoms with E-state index in [-0.39, 0.29) is 69.1 Å². The number of nitrogens with zero attached hydrogens (tertiary/aromatic N) is 1. The van der Waals surface area contributed by atoms with E-state index in [0.29, 0.717) is 18.4 Å². The van der Waals surface area contributed by atoms with Crippen LogP contribution in [-0.2, 0) is 78.3 Å². The number of nitrogens with two attached hydrogens (primary N) is 1. The third kappa shape index (κ3) is 26.6. The molecule has 1 aromatic carbocycles. The van der Waals surface area contributed by atoms with Gasteiger partial charge in [-0.25, -0.2) is 4.79 Å². The predicted octanol–water partition coefficient (Wildman–Crippen LogP) is 1.06. The van der Waals surface area contributed by atoms with Crippen LogP contribution in [-0.4, -0.2) is 191 Å². The van der Waals surface area contributed by atoms with Gasteiger partial charge in [0.15, 0.2) is 0 Å². The number of amides is 13. The van der Waals surface area contributed by atoms with Crippen molar-refractivity contribution in [1.82, 2.24) is 68.7 Å². The monoisotopic (exact) mass is 1450 g/mol. The Kier molecular flexibility index (Phi) is 36.4. The molecule has 15 N–H and O–H groups in total. The summed E-state index contributed by atoms with van der Waals surface area (Å²) in [4.78, 5) is 202. The number of rotatable bonds is 31. The van der Waals surface area contributed by atoms with Crippen LogP contribution in [0.2, 0.25) is 0 Å². The average molecular weight is 1450 g/mol. The van der Waals surface area contributed by atoms with Crippen molar-refractivity contribution in [3.05, 3.63) is 47.7 Å². The normalized spacial score (nSPS) is 22.8. The van der Waals surface area contributed by atoms with Gasteiger partial charge in [0.25, 0.3) is 5.91 Å². The van der Waals surface area contributed by atoms with Crippen molar-refractivity contribution >= 4 is 82.8 Å². The highest BCUT2D eigenvalue weighted by atomic mass is 16.5. The molecule has 0 spiro atoms. The van der Waals surface area contributed by atoms with Crippen molar-refractivity contribution < 1.29 is 77.0 Å². The van der Waals surface area contributed by atoms with E-state index in [9.17, 15) is 62.6 Å². The van der Waals surface area contributed by atoms with E-state index >= 15 is 9.59 Å². The smallest absolute Gasteiger partial charge is 0.329 e. The maximum atomic E-state index is 15.0. The summed E-state index contributed by atoms with van der Waals surface area (Å²) in [7, 11) is 0. The number of cyclic esters (lactones) is 1. The molecule has 0 aromatic heterocycles. The van der Waals surface area contributed by atoms with E-state index in [2.05, 4.69) is 63.8 Å². The van der Waals surface area contributed by atoms with E-state index in [1.54, 1.807) is 127 Å². The van der Waals surface area contributed by atoms with Gasteiger partial charge in [-0.05, 0) is 106 Å². The van der Waals surface area contributed by atoms with Gasteiger partial charge < -0.3 is 84.3 Å². The van der Waals surface area contributed by atoms with Gasteiger partial charge in [0.2, 0.25) is 70.9 Å². The Hall–Kier alpha value is -8.54. The fourth-order valence-electron chi connectivity index (χ4n) is 11.8. The average Bonchev–Trinajstić information content (AvgIpc) is 1.81. The van der Waals surface area contributed by atoms with Crippen LogP contribution >= 0.6 is 0 Å². The molecular formula is C73H120N14O16. The first kappa shape index (κ1) is 88.7. The van der Waals surface area contributed by atoms with Crippen molar-refractivity contribution in [3.8, 4) is 0 Å². The second-order valence-electron chi connectivity index (χ2n) is 29.5. The quantitative estimate of drug-likeness (QED) is 0.0365. The molecule has 0 saturated carbocycles. The number of aliphatic hydroxyl groups excluding tert-OH is 1. The number of benzene rings is 1. The summed E-state index contributed by atoms with van der Waals surface area (Å²) in [6, 6.07) is -7.67. The lowest BCUT2D eigenvalue weighted by Crippen LogP contribution is -2.64. The second kappa shape index (κ2) is 42.3. The maximum absolute atomic E-state index is 15.0. The fraction of sp³-hybridized carbons (Fsp3) is 0.699. The number of carbonyl (C=O) groups excluding carboxylic acids is 14. The summed E-state index contributed by atoms with van der Waals surface area (Å²) in [5, 5.41) is 43.0. The third-order valence-corrected chi connectivity index (χ3v) is 18.7. The van der Waals surface area contributed by atoms with Gasteiger partial charge in [0.05, 0.1) is 6.10 Å². The number of esters is 1. The molecule has 16 atom stereocenters. The Labute approximate surface area is 607 Å². The molecule has 0 aliphatic carbocycles. The molecule has 1 aromatic rings. The van der Waals surface area contributed by atoms with Crippen LogP contribution in [0.15, 0.2) is 42.1 Å². The number of hydrogen-bond acceptors (Lipinski definition) is 17. The summed E-state index contributed by atoms with van der Waals surface area (Å²) >= 11 is 0. The van der Waals surface area contributed by atoms with Crippen LogP contribution in [0.25, 0.3) is 0 Å². The second-order valence-corrected chi connectivity index (χ2v) is 29.5. The third-order valence-electron chi connectivity index (χ3n) is 18.7. The Morgan fingerprint density at radius 2 is 1.16 bits per heavy atom. The highest BCUT2D eigenvalue weighted by Crippen LogP contribution is 2.23. The first-order valence-electron chi connectivity index (χ1n) is 36.5. The first-order chi connectivity index (χ1) is 48.2. The van der Waals surface area contributed by atoms with E-state index in [0.717, 1.165) is 0 Å². The Balaban J connectivity index is 2.01. The zero-order valence-corrected chi connectivity index (χ0v) is 63.8. The molecule has 578 valence electrons. The Morgan fingerprint density at radius 3 is 1.68 bits per heavy atom. The topological polar surface area (TPSA) is 442 Å². The molecule has 3 rings (SSSR count). The van der Waals surface area contributed by atoms with Crippen molar-refractivity contribution in [1.29, 1.82) is 0 Å². The van der Waals surface area contributed by atoms with Gasteiger partial charge >= 0.3 is 5.97 Å². The van der Waals surface area contributed by atoms with Gasteiger partial charge in [0.1, 0.15) is 84.3 Å². The Bertz CT molecular complexity index is 3120. The van der Waals surface area contributed by atoms with Crippen LogP contribution in [0, 0.1) is 47.3 Å². The van der Waals surface area contributed by atoms with Gasteiger partial charge in [-0.3, -0.25) is 62.3 Å². The minimum atomic E-state index is -1.83. The SMILES string of the molecule is C/C=C1\NC(=O)[C@H](Cc2ccccc2)NC(=O)[C@@H](C(C)C)NC(=O)[C@@H]([C@@H](C)CC)NC(=O)[C@H](NC(=O)[C@H](NC(=O)[C@H](CCCN)NC(=O)[C@H]2CCCN2C(=O)[C@H](NC(=O)[C@@H](NC(=O)[C@@H](NC(=O)[C@H](NC(=O)CC(C)C)C(C)C)[C@@H](C)O)C(C)C)C(C)C)[C@@H](C)CC)[C@@H](C)OC(=O)[C@H](C(C)C)NC1=O. The maximum Gasteiger partial charge on any atom is 0.329 e. The van der Waals surface area contributed by atoms with Gasteiger partial charge in [0, 0.05) is 19.4 Å². The van der Waals surface area contributed by atoms with Gasteiger partial charge in [-0.1, -0.05) is 160 Å². The van der Waals surface area contributed by atoms with Gasteiger partial charge in [-0.2, -0.15) is 0 Å².